The molecule has 0 aromatic carbocycles. The van der Waals surface area contributed by atoms with E-state index in [1.165, 1.54) is 5.01 Å². The summed E-state index contributed by atoms with van der Waals surface area (Å²) in [6.07, 6.45) is 0. The molecule has 0 unspecified atom stereocenters. The molecule has 0 spiro atoms. The first-order chi connectivity index (χ1) is 4.75. The van der Waals surface area contributed by atoms with E-state index in [4.69, 9.17) is 18.1 Å². The summed E-state index contributed by atoms with van der Waals surface area (Å²) < 4.78 is 0.532. The number of hydrogen-bond donors (Lipinski definition) is 3. The highest BCUT2D eigenvalue weighted by atomic mass is 32.1. The minimum atomic E-state index is 0.532. The van der Waals surface area contributed by atoms with Crippen molar-refractivity contribution in [1.29, 1.82) is 0 Å². The van der Waals surface area contributed by atoms with Crippen molar-refractivity contribution in [3.05, 3.63) is 4.64 Å². The van der Waals surface area contributed by atoms with Gasteiger partial charge >= 0.3 is 0 Å². The van der Waals surface area contributed by atoms with Gasteiger partial charge in [0.2, 0.25) is 5.82 Å². The number of aromatic nitrogens is 3. The third-order valence-corrected chi connectivity index (χ3v) is 1.43. The third-order valence-electron chi connectivity index (χ3n) is 1.15. The molecule has 0 aliphatic carbocycles. The van der Waals surface area contributed by atoms with Crippen molar-refractivity contribution in [2.45, 2.75) is 6.92 Å². The maximum atomic E-state index is 5.50. The fourth-order valence-electron chi connectivity index (χ4n) is 0.583. The van der Waals surface area contributed by atoms with Gasteiger partial charge in [0, 0.05) is 6.54 Å². The Hall–Kier alpha value is -0.880. The van der Waals surface area contributed by atoms with Gasteiger partial charge in [0.05, 0.1) is 0 Å². The van der Waals surface area contributed by atoms with E-state index in [-0.39, 0.29) is 0 Å². The van der Waals surface area contributed by atoms with E-state index < -0.39 is 0 Å². The lowest BCUT2D eigenvalue weighted by molar-refractivity contribution is 0.851. The first-order valence-corrected chi connectivity index (χ1v) is 3.31. The maximum absolute atomic E-state index is 5.50. The third kappa shape index (κ3) is 1.17. The quantitative estimate of drug-likeness (QED) is 0.326. The van der Waals surface area contributed by atoms with Gasteiger partial charge in [-0.25, -0.2) is 11.1 Å². The number of nitrogens with one attached hydrogen (secondary N) is 2. The molecule has 10 heavy (non-hydrogen) atoms. The molecular formula is C4H9N5S. The van der Waals surface area contributed by atoms with Crippen LogP contribution < -0.4 is 10.9 Å². The Balaban J connectivity index is 2.93. The lowest BCUT2D eigenvalue weighted by atomic mass is 10.6. The summed E-state index contributed by atoms with van der Waals surface area (Å²) in [5, 5.41) is 10.4. The molecule has 4 N–H and O–H groups in total. The number of anilines is 1. The molecule has 0 aliphatic rings. The van der Waals surface area contributed by atoms with Crippen LogP contribution in [-0.2, 0) is 0 Å². The molecule has 5 nitrogen and oxygen atoms in total. The van der Waals surface area contributed by atoms with E-state index in [0.717, 1.165) is 0 Å². The lowest BCUT2D eigenvalue weighted by Crippen LogP contribution is -2.30. The van der Waals surface area contributed by atoms with Crippen molar-refractivity contribution < 1.29 is 0 Å². The highest BCUT2D eigenvalue weighted by Crippen LogP contribution is 2.03. The van der Waals surface area contributed by atoms with Gasteiger partial charge in [-0.1, -0.05) is 12.2 Å². The Labute approximate surface area is 63.2 Å². The molecule has 0 radical (unpaired) electrons. The minimum Gasteiger partial charge on any atom is -0.291 e. The predicted octanol–water partition coefficient (Wildman–Crippen LogP) is 0.167. The van der Waals surface area contributed by atoms with Crippen molar-refractivity contribution in [2.24, 2.45) is 5.84 Å². The molecule has 0 bridgehead atoms. The summed E-state index contributed by atoms with van der Waals surface area (Å²) in [5.74, 6) is 6.08. The van der Waals surface area contributed by atoms with Gasteiger partial charge in [-0.3, -0.25) is 10.1 Å². The molecule has 0 atom stereocenters. The van der Waals surface area contributed by atoms with Gasteiger partial charge in [-0.05, 0) is 6.92 Å². The second-order valence-corrected chi connectivity index (χ2v) is 2.20. The molecule has 1 rings (SSSR count). The zero-order chi connectivity index (χ0) is 7.56. The van der Waals surface area contributed by atoms with Crippen LogP contribution in [0.2, 0.25) is 0 Å². The molecule has 6 heteroatoms. The van der Waals surface area contributed by atoms with Crippen molar-refractivity contribution in [1.82, 2.24) is 15.4 Å². The lowest BCUT2D eigenvalue weighted by Gasteiger charge is -2.09. The SMILES string of the molecule is CCN(N)c1n[nH][nH]c1=S. The van der Waals surface area contributed by atoms with Crippen molar-refractivity contribution in [2.75, 3.05) is 11.6 Å². The van der Waals surface area contributed by atoms with Crippen LogP contribution in [-0.4, -0.2) is 22.0 Å². The number of hydrogen-bond acceptors (Lipinski definition) is 4. The molecule has 0 saturated heterocycles. The zero-order valence-corrected chi connectivity index (χ0v) is 6.40. The molecule has 56 valence electrons. The number of nitrogens with two attached hydrogens (primary N) is 1. The van der Waals surface area contributed by atoms with Crippen LogP contribution in [0.1, 0.15) is 6.92 Å². The summed E-state index contributed by atoms with van der Waals surface area (Å²) >= 11 is 4.86. The summed E-state index contributed by atoms with van der Waals surface area (Å²) in [6, 6.07) is 0. The van der Waals surface area contributed by atoms with Crippen LogP contribution in [0, 0.1) is 4.64 Å². The maximum Gasteiger partial charge on any atom is 0.200 e. The molecule has 1 aromatic heterocycles. The highest BCUT2D eigenvalue weighted by molar-refractivity contribution is 7.71. The van der Waals surface area contributed by atoms with E-state index in [2.05, 4.69) is 15.4 Å². The molecule has 0 fully saturated rings. The normalized spacial score (nSPS) is 9.80. The highest BCUT2D eigenvalue weighted by Gasteiger charge is 2.02. The first-order valence-electron chi connectivity index (χ1n) is 2.91. The van der Waals surface area contributed by atoms with Gasteiger partial charge in [-0.2, -0.15) is 0 Å². The molecule has 0 saturated carbocycles. The van der Waals surface area contributed by atoms with Crippen molar-refractivity contribution >= 4 is 18.0 Å². The van der Waals surface area contributed by atoms with Crippen LogP contribution in [0.4, 0.5) is 5.82 Å². The van der Waals surface area contributed by atoms with Crippen LogP contribution in [0.15, 0.2) is 0 Å². The standard InChI is InChI=1S/C4H9N5S/c1-2-9(5)3-4(10)7-8-6-3/h2,5H2,1H3,(H2,6,7,8,10). The average Bonchev–Trinajstić information content (AvgIpc) is 2.34. The van der Waals surface area contributed by atoms with E-state index in [9.17, 15) is 0 Å². The monoisotopic (exact) mass is 159 g/mol. The average molecular weight is 159 g/mol. The molecule has 0 amide bonds. The van der Waals surface area contributed by atoms with Crippen LogP contribution in [0.5, 0.6) is 0 Å². The first kappa shape index (κ1) is 7.23. The van der Waals surface area contributed by atoms with E-state index in [1.807, 2.05) is 6.92 Å². The molecule has 0 aliphatic heterocycles. The van der Waals surface area contributed by atoms with E-state index >= 15 is 0 Å². The zero-order valence-electron chi connectivity index (χ0n) is 5.59. The van der Waals surface area contributed by atoms with Gasteiger partial charge in [0.1, 0.15) is 0 Å². The van der Waals surface area contributed by atoms with Gasteiger partial charge in [0.15, 0.2) is 4.64 Å². The van der Waals surface area contributed by atoms with Crippen molar-refractivity contribution in [3.63, 3.8) is 0 Å². The smallest absolute Gasteiger partial charge is 0.200 e. The fraction of sp³-hybridized carbons (Fsp3) is 0.500. The Morgan fingerprint density at radius 3 is 2.90 bits per heavy atom. The molecule has 1 aromatic rings. The summed E-state index contributed by atoms with van der Waals surface area (Å²) in [4.78, 5) is 0. The fourth-order valence-corrected chi connectivity index (χ4v) is 0.791. The summed E-state index contributed by atoms with van der Waals surface area (Å²) in [6.45, 7) is 2.60. The number of rotatable bonds is 2. The number of H-pyrrole nitrogens is 2. The number of aromatic amines is 2. The Kier molecular flexibility index (Phi) is 2.03. The minimum absolute atomic E-state index is 0.532. The van der Waals surface area contributed by atoms with Gasteiger partial charge in [0.25, 0.3) is 0 Å². The predicted molar refractivity (Wildman–Crippen MR) is 41.0 cm³/mol. The Morgan fingerprint density at radius 1 is 1.80 bits per heavy atom. The van der Waals surface area contributed by atoms with Gasteiger partial charge in [-0.15, -0.1) is 5.10 Å². The van der Waals surface area contributed by atoms with Crippen LogP contribution >= 0.6 is 12.2 Å². The summed E-state index contributed by atoms with van der Waals surface area (Å²) in [5.41, 5.74) is 0. The second-order valence-electron chi connectivity index (χ2n) is 1.79. The molecule has 1 heterocycles. The van der Waals surface area contributed by atoms with E-state index in [1.54, 1.807) is 0 Å². The Bertz CT molecular complexity index is 250. The van der Waals surface area contributed by atoms with Gasteiger partial charge < -0.3 is 0 Å². The second kappa shape index (κ2) is 2.80. The topological polar surface area (TPSA) is 73.7 Å². The number of hydrazine groups is 1. The molecular weight excluding hydrogens is 150 g/mol. The van der Waals surface area contributed by atoms with Crippen molar-refractivity contribution in [3.8, 4) is 0 Å². The van der Waals surface area contributed by atoms with E-state index in [0.29, 0.717) is 17.0 Å². The summed E-state index contributed by atoms with van der Waals surface area (Å²) in [7, 11) is 0. The number of nitrogens with zero attached hydrogens (tertiary/aromatic N) is 2. The van der Waals surface area contributed by atoms with Crippen LogP contribution in [0.3, 0.4) is 0 Å². The largest absolute Gasteiger partial charge is 0.291 e. The van der Waals surface area contributed by atoms with Crippen LogP contribution in [0.25, 0.3) is 0 Å². The Morgan fingerprint density at radius 2 is 2.50 bits per heavy atom.